The van der Waals surface area contributed by atoms with Crippen molar-refractivity contribution in [2.24, 2.45) is 5.92 Å². The molecular weight excluding hydrogens is 280 g/mol. The van der Waals surface area contributed by atoms with Crippen molar-refractivity contribution in [1.29, 1.82) is 0 Å². The lowest BCUT2D eigenvalue weighted by Crippen LogP contribution is -2.36. The van der Waals surface area contributed by atoms with Crippen molar-refractivity contribution in [3.8, 4) is 0 Å². The summed E-state index contributed by atoms with van der Waals surface area (Å²) >= 11 is 0. The van der Waals surface area contributed by atoms with Gasteiger partial charge in [0.05, 0.1) is 5.69 Å². The Kier molecular flexibility index (Phi) is 4.28. The van der Waals surface area contributed by atoms with Gasteiger partial charge in [0.15, 0.2) is 23.4 Å². The second-order valence-electron chi connectivity index (χ2n) is 3.54. The maximum atomic E-state index is 13.1. The van der Waals surface area contributed by atoms with Crippen LogP contribution in [0.15, 0.2) is 12.1 Å². The number of hydrogen-bond donors (Lipinski definition) is 2. The third kappa shape index (κ3) is 3.52. The number of benzene rings is 1. The fraction of sp³-hybridized carbons (Fsp3) is 0.300. The molecule has 0 spiro atoms. The Hall–Kier alpha value is -1.93. The predicted molar refractivity (Wildman–Crippen MR) is 52.0 cm³/mol. The van der Waals surface area contributed by atoms with E-state index < -0.39 is 47.7 Å². The molecular formula is C10H7F6NO2. The van der Waals surface area contributed by atoms with Crippen LogP contribution in [0.4, 0.5) is 32.0 Å². The molecule has 0 aliphatic heterocycles. The molecule has 2 N–H and O–H groups in total. The monoisotopic (exact) mass is 287 g/mol. The number of carbonyl (C=O) groups is 1. The third-order valence-electron chi connectivity index (χ3n) is 2.23. The van der Waals surface area contributed by atoms with Gasteiger partial charge in [0.2, 0.25) is 0 Å². The number of halogens is 6. The van der Waals surface area contributed by atoms with E-state index in [2.05, 4.69) is 0 Å². The van der Waals surface area contributed by atoms with Gasteiger partial charge in [-0.1, -0.05) is 0 Å². The first-order valence-corrected chi connectivity index (χ1v) is 4.81. The standard InChI is InChI=1S/C10H7F6NO2/c11-5-1-2-6(8(13)7(5)12)17-3-4(9(18)19)10(14,15)16/h1-2,4,17H,3H2,(H,18,19). The number of nitrogens with one attached hydrogen (secondary N) is 1. The first-order chi connectivity index (χ1) is 8.64. The summed E-state index contributed by atoms with van der Waals surface area (Å²) in [5, 5.41) is 10.2. The first-order valence-electron chi connectivity index (χ1n) is 4.81. The van der Waals surface area contributed by atoms with Gasteiger partial charge in [-0.3, -0.25) is 4.79 Å². The normalized spacial score (nSPS) is 13.2. The average molecular weight is 287 g/mol. The molecule has 0 saturated carbocycles. The Morgan fingerprint density at radius 1 is 1.21 bits per heavy atom. The van der Waals surface area contributed by atoms with Gasteiger partial charge in [0, 0.05) is 6.54 Å². The van der Waals surface area contributed by atoms with Crippen LogP contribution in [0.3, 0.4) is 0 Å². The van der Waals surface area contributed by atoms with Gasteiger partial charge in [-0.05, 0) is 12.1 Å². The van der Waals surface area contributed by atoms with E-state index in [1.165, 1.54) is 0 Å². The molecule has 19 heavy (non-hydrogen) atoms. The lowest BCUT2D eigenvalue weighted by molar-refractivity contribution is -0.190. The highest BCUT2D eigenvalue weighted by Gasteiger charge is 2.45. The van der Waals surface area contributed by atoms with E-state index in [4.69, 9.17) is 5.11 Å². The van der Waals surface area contributed by atoms with E-state index in [-0.39, 0.29) is 0 Å². The number of carboxylic acid groups (broad SMARTS) is 1. The first kappa shape index (κ1) is 15.1. The molecule has 0 saturated heterocycles. The van der Waals surface area contributed by atoms with Crippen molar-refractivity contribution >= 4 is 11.7 Å². The number of alkyl halides is 3. The van der Waals surface area contributed by atoms with Crippen LogP contribution in [-0.4, -0.2) is 23.8 Å². The highest BCUT2D eigenvalue weighted by atomic mass is 19.4. The van der Waals surface area contributed by atoms with Crippen LogP contribution in [0.2, 0.25) is 0 Å². The lowest BCUT2D eigenvalue weighted by atomic mass is 10.1. The molecule has 1 unspecified atom stereocenters. The van der Waals surface area contributed by atoms with E-state index in [0.29, 0.717) is 12.1 Å². The molecule has 106 valence electrons. The van der Waals surface area contributed by atoms with E-state index >= 15 is 0 Å². The van der Waals surface area contributed by atoms with Crippen molar-refractivity contribution in [3.05, 3.63) is 29.6 Å². The van der Waals surface area contributed by atoms with E-state index in [1.54, 1.807) is 5.32 Å². The maximum Gasteiger partial charge on any atom is 0.403 e. The molecule has 1 aromatic rings. The van der Waals surface area contributed by atoms with Gasteiger partial charge >= 0.3 is 12.1 Å². The highest BCUT2D eigenvalue weighted by molar-refractivity contribution is 5.71. The largest absolute Gasteiger partial charge is 0.481 e. The smallest absolute Gasteiger partial charge is 0.403 e. The Morgan fingerprint density at radius 3 is 2.26 bits per heavy atom. The fourth-order valence-electron chi connectivity index (χ4n) is 1.22. The predicted octanol–water partition coefficient (Wildman–Crippen LogP) is 2.78. The SMILES string of the molecule is O=C(O)C(CNc1ccc(F)c(F)c1F)C(F)(F)F. The van der Waals surface area contributed by atoms with E-state index in [0.717, 1.165) is 0 Å². The topological polar surface area (TPSA) is 49.3 Å². The summed E-state index contributed by atoms with van der Waals surface area (Å²) in [6, 6.07) is 1.17. The van der Waals surface area contributed by atoms with Crippen molar-refractivity contribution in [2.75, 3.05) is 11.9 Å². The van der Waals surface area contributed by atoms with Crippen LogP contribution in [0.5, 0.6) is 0 Å². The Balaban J connectivity index is 2.87. The summed E-state index contributed by atoms with van der Waals surface area (Å²) in [4.78, 5) is 10.4. The number of aliphatic carboxylic acids is 1. The molecule has 0 bridgehead atoms. The van der Waals surface area contributed by atoms with Crippen molar-refractivity contribution in [1.82, 2.24) is 0 Å². The summed E-state index contributed by atoms with van der Waals surface area (Å²) in [5.41, 5.74) is -0.755. The molecule has 9 heteroatoms. The minimum Gasteiger partial charge on any atom is -0.481 e. The van der Waals surface area contributed by atoms with Crippen LogP contribution in [-0.2, 0) is 4.79 Å². The summed E-state index contributed by atoms with van der Waals surface area (Å²) < 4.78 is 75.2. The number of carboxylic acids is 1. The molecule has 1 atom stereocenters. The third-order valence-corrected chi connectivity index (χ3v) is 2.23. The highest BCUT2D eigenvalue weighted by Crippen LogP contribution is 2.27. The van der Waals surface area contributed by atoms with Crippen LogP contribution >= 0.6 is 0 Å². The van der Waals surface area contributed by atoms with Gasteiger partial charge in [-0.25, -0.2) is 13.2 Å². The van der Waals surface area contributed by atoms with Gasteiger partial charge in [0.25, 0.3) is 0 Å². The number of hydrogen-bond acceptors (Lipinski definition) is 2. The van der Waals surface area contributed by atoms with Crippen molar-refractivity contribution in [2.45, 2.75) is 6.18 Å². The Labute approximate surface area is 102 Å². The number of rotatable bonds is 4. The molecule has 0 aliphatic carbocycles. The molecule has 0 radical (unpaired) electrons. The summed E-state index contributed by atoms with van der Waals surface area (Å²) in [6.07, 6.45) is -5.05. The second-order valence-corrected chi connectivity index (χ2v) is 3.54. The minimum absolute atomic E-state index is 0.504. The van der Waals surface area contributed by atoms with Gasteiger partial charge in [-0.2, -0.15) is 13.2 Å². The average Bonchev–Trinajstić information content (AvgIpc) is 2.27. The maximum absolute atomic E-state index is 13.1. The summed E-state index contributed by atoms with van der Waals surface area (Å²) in [5.74, 6) is -10.0. The Bertz CT molecular complexity index is 488. The lowest BCUT2D eigenvalue weighted by Gasteiger charge is -2.17. The number of anilines is 1. The molecule has 1 aromatic carbocycles. The zero-order chi connectivity index (χ0) is 14.8. The van der Waals surface area contributed by atoms with Crippen molar-refractivity contribution in [3.63, 3.8) is 0 Å². The van der Waals surface area contributed by atoms with Crippen LogP contribution in [0, 0.1) is 23.4 Å². The zero-order valence-electron chi connectivity index (χ0n) is 9.06. The van der Waals surface area contributed by atoms with Gasteiger partial charge in [0.1, 0.15) is 0 Å². The summed E-state index contributed by atoms with van der Waals surface area (Å²) in [7, 11) is 0. The Morgan fingerprint density at radius 2 is 1.79 bits per heavy atom. The molecule has 0 fully saturated rings. The van der Waals surface area contributed by atoms with E-state index in [9.17, 15) is 31.1 Å². The van der Waals surface area contributed by atoms with Gasteiger partial charge in [-0.15, -0.1) is 0 Å². The summed E-state index contributed by atoms with van der Waals surface area (Å²) in [6.45, 7) is -1.21. The van der Waals surface area contributed by atoms with Gasteiger partial charge < -0.3 is 10.4 Å². The van der Waals surface area contributed by atoms with Crippen LogP contribution < -0.4 is 5.32 Å². The molecule has 0 aromatic heterocycles. The second kappa shape index (κ2) is 5.37. The van der Waals surface area contributed by atoms with E-state index in [1.807, 2.05) is 0 Å². The molecule has 0 aliphatic rings. The molecule has 0 heterocycles. The molecule has 0 amide bonds. The molecule has 1 rings (SSSR count). The van der Waals surface area contributed by atoms with Crippen molar-refractivity contribution < 1.29 is 36.2 Å². The van der Waals surface area contributed by atoms with Crippen LogP contribution in [0.1, 0.15) is 0 Å². The quantitative estimate of drug-likeness (QED) is 0.661. The van der Waals surface area contributed by atoms with Crippen LogP contribution in [0.25, 0.3) is 0 Å². The minimum atomic E-state index is -5.05. The molecule has 3 nitrogen and oxygen atoms in total. The fourth-order valence-corrected chi connectivity index (χ4v) is 1.22. The zero-order valence-corrected chi connectivity index (χ0v) is 9.06.